The highest BCUT2D eigenvalue weighted by Crippen LogP contribution is 2.43. The summed E-state index contributed by atoms with van der Waals surface area (Å²) in [6, 6.07) is 10.2. The Morgan fingerprint density at radius 1 is 1.37 bits per heavy atom. The number of unbranched alkanes of at least 4 members (excludes halogenated alkanes) is 1. The minimum atomic E-state index is -0.492. The van der Waals surface area contributed by atoms with Gasteiger partial charge in [0, 0.05) is 6.08 Å². The van der Waals surface area contributed by atoms with Crippen LogP contribution in [-0.2, 0) is 9.53 Å². The predicted molar refractivity (Wildman–Crippen MR) is 73.4 cm³/mol. The summed E-state index contributed by atoms with van der Waals surface area (Å²) in [5.41, 5.74) is 0.658. The van der Waals surface area contributed by atoms with Crippen LogP contribution in [0.5, 0.6) is 0 Å². The Kier molecular flexibility index (Phi) is 3.15. The van der Waals surface area contributed by atoms with Gasteiger partial charge in [0.2, 0.25) is 5.91 Å². The molecule has 3 rings (SSSR count). The van der Waals surface area contributed by atoms with E-state index in [0.717, 1.165) is 24.8 Å². The Morgan fingerprint density at radius 3 is 2.89 bits per heavy atom. The van der Waals surface area contributed by atoms with Gasteiger partial charge < -0.3 is 4.74 Å². The molecule has 100 valence electrons. The molecule has 3 nitrogen and oxygen atoms in total. The molecule has 2 aliphatic rings. The van der Waals surface area contributed by atoms with E-state index >= 15 is 0 Å². The molecule has 2 heterocycles. The number of carbonyl (C=O) groups is 1. The highest BCUT2D eigenvalue weighted by Gasteiger charge is 2.51. The maximum Gasteiger partial charge on any atom is 0.249 e. The van der Waals surface area contributed by atoms with E-state index in [1.165, 1.54) is 0 Å². The molecular weight excluding hydrogens is 238 g/mol. The largest absolute Gasteiger partial charge is 0.349 e. The van der Waals surface area contributed by atoms with E-state index < -0.39 is 5.72 Å². The third-order valence-corrected chi connectivity index (χ3v) is 4.01. The summed E-state index contributed by atoms with van der Waals surface area (Å²) in [4.78, 5) is 14.1. The fourth-order valence-corrected chi connectivity index (χ4v) is 3.01. The Morgan fingerprint density at radius 2 is 2.16 bits per heavy atom. The van der Waals surface area contributed by atoms with E-state index in [1.807, 2.05) is 29.2 Å². The summed E-state index contributed by atoms with van der Waals surface area (Å²) < 4.78 is 6.02. The molecule has 19 heavy (non-hydrogen) atoms. The number of fused-ring (bicyclic) bond motifs is 1. The van der Waals surface area contributed by atoms with Gasteiger partial charge in [0.25, 0.3) is 0 Å². The standard InChI is InChI=1S/C16H19NO2/c1-2-3-10-16-11-9-15(18)17(16)14(12-19-16)13-7-5-4-6-8-13/h4-9,11,14H,2-3,10,12H2,1H3/t14-,16-/m1/s1. The van der Waals surface area contributed by atoms with Crippen LogP contribution in [0.4, 0.5) is 0 Å². The van der Waals surface area contributed by atoms with Gasteiger partial charge in [-0.15, -0.1) is 0 Å². The summed E-state index contributed by atoms with van der Waals surface area (Å²) in [5, 5.41) is 0. The molecule has 1 aromatic carbocycles. The number of rotatable bonds is 4. The predicted octanol–water partition coefficient (Wildman–Crippen LogP) is 3.04. The number of amides is 1. The van der Waals surface area contributed by atoms with E-state index in [-0.39, 0.29) is 11.9 Å². The van der Waals surface area contributed by atoms with Crippen LogP contribution in [0.3, 0.4) is 0 Å². The van der Waals surface area contributed by atoms with Crippen LogP contribution >= 0.6 is 0 Å². The van der Waals surface area contributed by atoms with Gasteiger partial charge in [-0.05, 0) is 24.5 Å². The van der Waals surface area contributed by atoms with E-state index in [1.54, 1.807) is 6.08 Å². The number of hydrogen-bond donors (Lipinski definition) is 0. The molecule has 0 N–H and O–H groups in total. The second kappa shape index (κ2) is 4.82. The van der Waals surface area contributed by atoms with Gasteiger partial charge in [-0.2, -0.15) is 0 Å². The minimum Gasteiger partial charge on any atom is -0.349 e. The zero-order valence-corrected chi connectivity index (χ0v) is 11.2. The van der Waals surface area contributed by atoms with Crippen molar-refractivity contribution in [1.82, 2.24) is 4.90 Å². The first-order valence-corrected chi connectivity index (χ1v) is 6.98. The van der Waals surface area contributed by atoms with Gasteiger partial charge in [-0.25, -0.2) is 0 Å². The van der Waals surface area contributed by atoms with E-state index in [2.05, 4.69) is 19.1 Å². The van der Waals surface area contributed by atoms with Crippen molar-refractivity contribution in [1.29, 1.82) is 0 Å². The summed E-state index contributed by atoms with van der Waals surface area (Å²) in [7, 11) is 0. The average Bonchev–Trinajstić information content (AvgIpc) is 2.97. The molecule has 1 aromatic rings. The van der Waals surface area contributed by atoms with Gasteiger partial charge in [0.15, 0.2) is 5.72 Å². The molecule has 1 fully saturated rings. The quantitative estimate of drug-likeness (QED) is 0.829. The molecular formula is C16H19NO2. The van der Waals surface area contributed by atoms with Crippen molar-refractivity contribution in [2.75, 3.05) is 6.61 Å². The maximum absolute atomic E-state index is 12.2. The molecule has 2 aliphatic heterocycles. The molecule has 0 aliphatic carbocycles. The lowest BCUT2D eigenvalue weighted by molar-refractivity contribution is -0.136. The van der Waals surface area contributed by atoms with Crippen LogP contribution in [0.15, 0.2) is 42.5 Å². The highest BCUT2D eigenvalue weighted by molar-refractivity contribution is 5.92. The van der Waals surface area contributed by atoms with Gasteiger partial charge in [-0.3, -0.25) is 9.69 Å². The number of benzene rings is 1. The van der Waals surface area contributed by atoms with Crippen LogP contribution in [0.1, 0.15) is 37.8 Å². The maximum atomic E-state index is 12.2. The number of hydrogen-bond acceptors (Lipinski definition) is 2. The topological polar surface area (TPSA) is 29.5 Å². The lowest BCUT2D eigenvalue weighted by Crippen LogP contribution is -2.43. The minimum absolute atomic E-state index is 0.0422. The van der Waals surface area contributed by atoms with E-state index in [9.17, 15) is 4.79 Å². The van der Waals surface area contributed by atoms with Crippen LogP contribution in [0.2, 0.25) is 0 Å². The lowest BCUT2D eigenvalue weighted by atomic mass is 10.0. The highest BCUT2D eigenvalue weighted by atomic mass is 16.5. The molecule has 0 unspecified atom stereocenters. The molecule has 0 aromatic heterocycles. The molecule has 2 atom stereocenters. The fourth-order valence-electron chi connectivity index (χ4n) is 3.01. The molecule has 0 spiro atoms. The van der Waals surface area contributed by atoms with Crippen LogP contribution < -0.4 is 0 Å². The van der Waals surface area contributed by atoms with Crippen molar-refractivity contribution in [2.24, 2.45) is 0 Å². The van der Waals surface area contributed by atoms with Crippen molar-refractivity contribution < 1.29 is 9.53 Å². The third-order valence-electron chi connectivity index (χ3n) is 4.01. The first kappa shape index (κ1) is 12.4. The average molecular weight is 257 g/mol. The molecule has 1 saturated heterocycles. The van der Waals surface area contributed by atoms with Crippen LogP contribution in [0, 0.1) is 0 Å². The Bertz CT molecular complexity index is 497. The zero-order valence-electron chi connectivity index (χ0n) is 11.2. The smallest absolute Gasteiger partial charge is 0.249 e. The molecule has 0 saturated carbocycles. The Balaban J connectivity index is 1.89. The van der Waals surface area contributed by atoms with Crippen molar-refractivity contribution in [3.63, 3.8) is 0 Å². The van der Waals surface area contributed by atoms with Crippen molar-refractivity contribution >= 4 is 5.91 Å². The van der Waals surface area contributed by atoms with Gasteiger partial charge >= 0.3 is 0 Å². The molecule has 0 radical (unpaired) electrons. The Hall–Kier alpha value is -1.61. The fraction of sp³-hybridized carbons (Fsp3) is 0.438. The van der Waals surface area contributed by atoms with Crippen LogP contribution in [-0.4, -0.2) is 23.1 Å². The van der Waals surface area contributed by atoms with Crippen molar-refractivity contribution in [2.45, 2.75) is 38.0 Å². The second-order valence-electron chi connectivity index (χ2n) is 5.23. The summed E-state index contributed by atoms with van der Waals surface area (Å²) in [5.74, 6) is 0.0717. The lowest BCUT2D eigenvalue weighted by Gasteiger charge is -2.32. The number of carbonyl (C=O) groups excluding carboxylic acids is 1. The SMILES string of the molecule is CCCC[C@@]12C=CC(=O)N1[C@@H](c1ccccc1)CO2. The third kappa shape index (κ3) is 1.98. The van der Waals surface area contributed by atoms with Gasteiger partial charge in [-0.1, -0.05) is 43.7 Å². The summed E-state index contributed by atoms with van der Waals surface area (Å²) in [6.45, 7) is 2.74. The van der Waals surface area contributed by atoms with Crippen LogP contribution in [0.25, 0.3) is 0 Å². The van der Waals surface area contributed by atoms with Gasteiger partial charge in [0.05, 0.1) is 12.6 Å². The Labute approximate surface area is 113 Å². The molecule has 1 amide bonds. The molecule has 3 heteroatoms. The van der Waals surface area contributed by atoms with E-state index in [0.29, 0.717) is 6.61 Å². The zero-order chi connectivity index (χ0) is 13.3. The number of ether oxygens (including phenoxy) is 1. The molecule has 0 bridgehead atoms. The van der Waals surface area contributed by atoms with Crippen molar-refractivity contribution in [3.05, 3.63) is 48.0 Å². The summed E-state index contributed by atoms with van der Waals surface area (Å²) in [6.07, 6.45) is 6.65. The second-order valence-corrected chi connectivity index (χ2v) is 5.23. The van der Waals surface area contributed by atoms with Gasteiger partial charge in [0.1, 0.15) is 0 Å². The summed E-state index contributed by atoms with van der Waals surface area (Å²) >= 11 is 0. The van der Waals surface area contributed by atoms with Crippen molar-refractivity contribution in [3.8, 4) is 0 Å². The normalized spacial score (nSPS) is 29.0. The number of nitrogens with zero attached hydrogens (tertiary/aromatic N) is 1. The monoisotopic (exact) mass is 257 g/mol. The van der Waals surface area contributed by atoms with E-state index in [4.69, 9.17) is 4.74 Å². The first-order chi connectivity index (χ1) is 9.27. The first-order valence-electron chi connectivity index (χ1n) is 6.98.